The van der Waals surface area contributed by atoms with Crippen molar-refractivity contribution in [1.82, 2.24) is 10.3 Å². The number of methoxy groups -OCH3 is 1. The van der Waals surface area contributed by atoms with Gasteiger partial charge in [-0.05, 0) is 61.6 Å². The highest BCUT2D eigenvalue weighted by molar-refractivity contribution is 6.05. The molecule has 1 N–H and O–H groups in total. The number of carbonyl (C=O) groups is 3. The van der Waals surface area contributed by atoms with Crippen LogP contribution in [0.4, 0.5) is 5.69 Å². The van der Waals surface area contributed by atoms with E-state index >= 15 is 0 Å². The third kappa shape index (κ3) is 3.88. The van der Waals surface area contributed by atoms with Crippen molar-refractivity contribution in [2.45, 2.75) is 31.7 Å². The van der Waals surface area contributed by atoms with E-state index in [-0.39, 0.29) is 35.6 Å². The van der Waals surface area contributed by atoms with E-state index in [2.05, 4.69) is 5.43 Å². The van der Waals surface area contributed by atoms with Gasteiger partial charge in [-0.1, -0.05) is 30.4 Å². The number of nitrogens with zero attached hydrogens (tertiary/aromatic N) is 2. The minimum Gasteiger partial charge on any atom is -0.497 e. The van der Waals surface area contributed by atoms with Gasteiger partial charge in [-0.25, -0.2) is 5.01 Å². The van der Waals surface area contributed by atoms with Crippen LogP contribution in [0.2, 0.25) is 0 Å². The van der Waals surface area contributed by atoms with Crippen LogP contribution in [0.25, 0.3) is 0 Å². The van der Waals surface area contributed by atoms with Crippen LogP contribution >= 0.6 is 0 Å². The summed E-state index contributed by atoms with van der Waals surface area (Å²) in [6, 6.07) is 14.8. The Bertz CT molecular complexity index is 1110. The Morgan fingerprint density at radius 2 is 1.79 bits per heavy atom. The molecule has 2 aliphatic heterocycles. The van der Waals surface area contributed by atoms with E-state index < -0.39 is 0 Å². The molecule has 0 saturated carbocycles. The van der Waals surface area contributed by atoms with Gasteiger partial charge in [0.25, 0.3) is 5.91 Å². The zero-order valence-electron chi connectivity index (χ0n) is 18.6. The first kappa shape index (κ1) is 21.2. The molecule has 0 unspecified atom stereocenters. The predicted octanol–water partition coefficient (Wildman–Crippen LogP) is 3.63. The average Bonchev–Trinajstić information content (AvgIpc) is 3.36. The summed E-state index contributed by atoms with van der Waals surface area (Å²) in [4.78, 5) is 41.1. The summed E-state index contributed by atoms with van der Waals surface area (Å²) < 4.78 is 5.25. The molecule has 33 heavy (non-hydrogen) atoms. The van der Waals surface area contributed by atoms with Crippen molar-refractivity contribution in [2.75, 3.05) is 18.7 Å². The first-order chi connectivity index (χ1) is 16.1. The molecule has 0 radical (unpaired) electrons. The van der Waals surface area contributed by atoms with Gasteiger partial charge in [0.2, 0.25) is 11.8 Å². The van der Waals surface area contributed by atoms with Crippen molar-refractivity contribution in [2.24, 2.45) is 11.8 Å². The summed E-state index contributed by atoms with van der Waals surface area (Å²) in [6.45, 7) is 0.676. The Labute approximate surface area is 193 Å². The maximum absolute atomic E-state index is 13.5. The highest BCUT2D eigenvalue weighted by Gasteiger charge is 2.42. The highest BCUT2D eigenvalue weighted by Crippen LogP contribution is 2.35. The fraction of sp³-hybridized carbons (Fsp3) is 0.346. The topological polar surface area (TPSA) is 79.0 Å². The average molecular weight is 446 g/mol. The summed E-state index contributed by atoms with van der Waals surface area (Å²) in [6.07, 6.45) is 6.88. The van der Waals surface area contributed by atoms with Crippen molar-refractivity contribution in [3.05, 3.63) is 71.8 Å². The second kappa shape index (κ2) is 8.73. The number of fused-ring (bicyclic) bond motifs is 1. The minimum atomic E-state index is -0.360. The molecule has 0 spiro atoms. The largest absolute Gasteiger partial charge is 0.497 e. The maximum Gasteiger partial charge on any atom is 0.254 e. The molecule has 1 aliphatic carbocycles. The lowest BCUT2D eigenvalue weighted by Crippen LogP contribution is -2.59. The summed E-state index contributed by atoms with van der Waals surface area (Å²) >= 11 is 0. The van der Waals surface area contributed by atoms with Gasteiger partial charge in [0.05, 0.1) is 30.7 Å². The molecule has 5 rings (SSSR count). The summed E-state index contributed by atoms with van der Waals surface area (Å²) in [5.41, 5.74) is 4.82. The van der Waals surface area contributed by atoms with E-state index in [0.29, 0.717) is 30.6 Å². The molecular formula is C26H27N3O4. The first-order valence-electron chi connectivity index (χ1n) is 11.4. The van der Waals surface area contributed by atoms with Gasteiger partial charge in [0, 0.05) is 12.1 Å². The number of allylic oxidation sites excluding steroid dienone is 2. The number of ether oxygens (including phenoxy) is 1. The van der Waals surface area contributed by atoms with Gasteiger partial charge in [0.1, 0.15) is 5.75 Å². The van der Waals surface area contributed by atoms with Crippen molar-refractivity contribution in [3.8, 4) is 5.75 Å². The van der Waals surface area contributed by atoms with Crippen LogP contribution in [0.3, 0.4) is 0 Å². The summed E-state index contributed by atoms with van der Waals surface area (Å²) in [5.74, 6) is -0.263. The lowest BCUT2D eigenvalue weighted by Gasteiger charge is -2.38. The van der Waals surface area contributed by atoms with Gasteiger partial charge in [-0.3, -0.25) is 19.8 Å². The quantitative estimate of drug-likeness (QED) is 0.729. The van der Waals surface area contributed by atoms with Crippen LogP contribution in [0.1, 0.15) is 47.6 Å². The molecule has 3 amide bonds. The van der Waals surface area contributed by atoms with E-state index in [1.165, 1.54) is 5.01 Å². The van der Waals surface area contributed by atoms with E-state index in [0.717, 1.165) is 24.2 Å². The molecule has 2 aromatic carbocycles. The third-order valence-corrected chi connectivity index (χ3v) is 6.89. The maximum atomic E-state index is 13.5. The van der Waals surface area contributed by atoms with Gasteiger partial charge in [-0.2, -0.15) is 0 Å². The molecule has 0 bridgehead atoms. The zero-order valence-corrected chi connectivity index (χ0v) is 18.6. The molecular weight excluding hydrogens is 418 g/mol. The molecule has 7 nitrogen and oxygen atoms in total. The highest BCUT2D eigenvalue weighted by atomic mass is 16.5. The second-order valence-electron chi connectivity index (χ2n) is 8.79. The number of benzene rings is 2. The van der Waals surface area contributed by atoms with Crippen molar-refractivity contribution < 1.29 is 19.1 Å². The van der Waals surface area contributed by atoms with Crippen molar-refractivity contribution in [1.29, 1.82) is 0 Å². The van der Waals surface area contributed by atoms with Gasteiger partial charge >= 0.3 is 0 Å². The van der Waals surface area contributed by atoms with Gasteiger partial charge < -0.3 is 9.64 Å². The molecule has 3 aliphatic rings. The number of amides is 3. The second-order valence-corrected chi connectivity index (χ2v) is 8.79. The van der Waals surface area contributed by atoms with Crippen LogP contribution in [-0.2, 0) is 9.59 Å². The van der Waals surface area contributed by atoms with E-state index in [1.807, 2.05) is 41.3 Å². The monoisotopic (exact) mass is 445 g/mol. The Balaban J connectivity index is 1.38. The van der Waals surface area contributed by atoms with Crippen LogP contribution in [0.5, 0.6) is 5.75 Å². The fourth-order valence-electron chi connectivity index (χ4n) is 5.11. The molecule has 2 fully saturated rings. The third-order valence-electron chi connectivity index (χ3n) is 6.89. The number of anilines is 1. The number of rotatable bonds is 4. The first-order valence-corrected chi connectivity index (χ1v) is 11.4. The van der Waals surface area contributed by atoms with E-state index in [1.54, 1.807) is 31.4 Å². The molecule has 2 aromatic rings. The molecule has 0 aromatic heterocycles. The van der Waals surface area contributed by atoms with Crippen LogP contribution < -0.4 is 15.2 Å². The fourth-order valence-corrected chi connectivity index (χ4v) is 5.11. The number of carbonyl (C=O) groups excluding carboxylic acids is 3. The summed E-state index contributed by atoms with van der Waals surface area (Å²) in [5, 5.41) is 1.31. The van der Waals surface area contributed by atoms with Gasteiger partial charge in [-0.15, -0.1) is 0 Å². The van der Waals surface area contributed by atoms with E-state index in [9.17, 15) is 14.4 Å². The number of hydrogen-bond acceptors (Lipinski definition) is 4. The standard InChI is InChI=1S/C26H27N3O4/c1-33-20-13-11-17(12-14-20)23-10-5-15-28(23)25(31)18-6-4-7-19(16-18)29-26(32)22-9-3-2-8-21(22)24(30)27-29/h2-4,6-7,11-14,16,21-23H,5,8-10,15H2,1H3,(H,27,30)/t21-,22+,23-/m0/s1. The Hall–Kier alpha value is -3.61. The predicted molar refractivity (Wildman–Crippen MR) is 123 cm³/mol. The SMILES string of the molecule is COc1ccc([C@@H]2CCCN2C(=O)c2cccc(N3NC(=O)[C@H]4CC=CC[C@H]4C3=O)c2)cc1. The van der Waals surface area contributed by atoms with Crippen molar-refractivity contribution >= 4 is 23.4 Å². The summed E-state index contributed by atoms with van der Waals surface area (Å²) in [7, 11) is 1.63. The minimum absolute atomic E-state index is 0.00170. The molecule has 170 valence electrons. The van der Waals surface area contributed by atoms with Crippen LogP contribution in [0, 0.1) is 11.8 Å². The lowest BCUT2D eigenvalue weighted by atomic mass is 9.80. The smallest absolute Gasteiger partial charge is 0.254 e. The van der Waals surface area contributed by atoms with Crippen molar-refractivity contribution in [3.63, 3.8) is 0 Å². The number of likely N-dealkylation sites (tertiary alicyclic amines) is 1. The number of hydrogen-bond donors (Lipinski definition) is 1. The molecule has 2 saturated heterocycles. The number of hydrazine groups is 1. The Morgan fingerprint density at radius 3 is 2.55 bits per heavy atom. The van der Waals surface area contributed by atoms with Crippen LogP contribution in [-0.4, -0.2) is 36.3 Å². The molecule has 3 atom stereocenters. The van der Waals surface area contributed by atoms with E-state index in [4.69, 9.17) is 4.74 Å². The van der Waals surface area contributed by atoms with Gasteiger partial charge in [0.15, 0.2) is 0 Å². The lowest BCUT2D eigenvalue weighted by molar-refractivity contribution is -0.139. The molecule has 2 heterocycles. The Morgan fingerprint density at radius 1 is 1.03 bits per heavy atom. The number of nitrogens with one attached hydrogen (secondary N) is 1. The van der Waals surface area contributed by atoms with Crippen LogP contribution in [0.15, 0.2) is 60.7 Å². The normalized spacial score (nSPS) is 24.5. The Kier molecular flexibility index (Phi) is 5.62. The molecule has 7 heteroatoms. The zero-order chi connectivity index (χ0) is 22.9.